The molecular weight excluding hydrogens is 657 g/mol. The van der Waals surface area contributed by atoms with Crippen LogP contribution in [0.3, 0.4) is 0 Å². The molecule has 5 aromatic rings. The topological polar surface area (TPSA) is 190 Å². The number of alkyl halides is 3. The van der Waals surface area contributed by atoms with Crippen LogP contribution < -0.4 is 16.2 Å². The van der Waals surface area contributed by atoms with Gasteiger partial charge in [0.25, 0.3) is 5.91 Å². The van der Waals surface area contributed by atoms with Crippen LogP contribution in [0.5, 0.6) is 5.75 Å². The number of carbonyl (C=O) groups is 2. The fourth-order valence-electron chi connectivity index (χ4n) is 4.87. The van der Waals surface area contributed by atoms with Crippen LogP contribution in [-0.2, 0) is 9.53 Å². The summed E-state index contributed by atoms with van der Waals surface area (Å²) in [6.07, 6.45) is 0.504. The third-order valence-corrected chi connectivity index (χ3v) is 7.65. The second kappa shape index (κ2) is 13.3. The van der Waals surface area contributed by atoms with Crippen LogP contribution in [0.25, 0.3) is 33.4 Å². The number of anilines is 2. The van der Waals surface area contributed by atoms with Gasteiger partial charge in [-0.3, -0.25) is 9.78 Å². The molecule has 0 aliphatic heterocycles. The third kappa shape index (κ3) is 6.62. The van der Waals surface area contributed by atoms with E-state index in [0.717, 1.165) is 0 Å². The molecule has 14 nitrogen and oxygen atoms in total. The smallest absolute Gasteiger partial charge is 0.489 e. The lowest BCUT2D eigenvalue weighted by Gasteiger charge is -2.23. The van der Waals surface area contributed by atoms with Crippen LogP contribution in [0.1, 0.15) is 34.6 Å². The summed E-state index contributed by atoms with van der Waals surface area (Å²) in [5.74, 6) is -2.30. The lowest BCUT2D eigenvalue weighted by Crippen LogP contribution is -2.27. The molecule has 4 N–H and O–H groups in total. The third-order valence-electron chi connectivity index (χ3n) is 7.26. The van der Waals surface area contributed by atoms with E-state index in [1.54, 1.807) is 44.8 Å². The maximum absolute atomic E-state index is 12.8. The Morgan fingerprint density at radius 1 is 1.02 bits per heavy atom. The molecule has 48 heavy (non-hydrogen) atoms. The van der Waals surface area contributed by atoms with Crippen molar-refractivity contribution in [1.82, 2.24) is 39.6 Å². The highest BCUT2D eigenvalue weighted by atomic mass is 35.5. The van der Waals surface area contributed by atoms with Crippen LogP contribution >= 0.6 is 11.6 Å². The second-order valence-electron chi connectivity index (χ2n) is 10.6. The summed E-state index contributed by atoms with van der Waals surface area (Å²) in [5.41, 5.74) is 15.2. The molecule has 1 amide bonds. The fourth-order valence-corrected chi connectivity index (χ4v) is 5.09. The van der Waals surface area contributed by atoms with Crippen LogP contribution in [0.4, 0.5) is 24.9 Å². The molecule has 4 heterocycles. The van der Waals surface area contributed by atoms with E-state index < -0.39 is 31.4 Å². The van der Waals surface area contributed by atoms with E-state index >= 15 is 0 Å². The number of amides is 1. The molecule has 1 atom stereocenters. The Bertz CT molecular complexity index is 2000. The summed E-state index contributed by atoms with van der Waals surface area (Å²) in [7, 11) is 3.18. The van der Waals surface area contributed by atoms with Crippen molar-refractivity contribution in [2.45, 2.75) is 26.1 Å². The zero-order valence-corrected chi connectivity index (χ0v) is 26.7. The number of halogens is 4. The summed E-state index contributed by atoms with van der Waals surface area (Å²) >= 11 is 6.77. The summed E-state index contributed by atoms with van der Waals surface area (Å²) in [6.45, 7) is 2.32. The van der Waals surface area contributed by atoms with Crippen molar-refractivity contribution >= 4 is 46.3 Å². The molecule has 0 aliphatic rings. The number of carbonyl (C=O) groups excluding carboxylic acids is 2. The van der Waals surface area contributed by atoms with Crippen LogP contribution in [0.15, 0.2) is 43.1 Å². The number of pyridine rings is 1. The molecule has 4 aromatic heterocycles. The minimum atomic E-state index is -5.17. The standard InChI is InChI=1S/C30H28ClF3N10O4/c1-14-19(31)9-18(15(2)44-26-22(25(35)40-13-41-26)23(42-44)17-11-38-29(36)39-12-17)24(47-7-8-48-28(46)30(32,33)34)21(14)16-5-6-20(37-10-16)27(45)43(3)4/h5-6,9-13,15H,7-8H2,1-4H3,(H2,35,40,41)(H2,36,38,39). The maximum atomic E-state index is 12.8. The molecule has 0 saturated heterocycles. The number of hydrogen-bond donors (Lipinski definition) is 2. The minimum absolute atomic E-state index is 0.0539. The van der Waals surface area contributed by atoms with E-state index in [4.69, 9.17) is 32.9 Å². The highest BCUT2D eigenvalue weighted by molar-refractivity contribution is 6.32. The molecule has 1 aromatic carbocycles. The SMILES string of the molecule is Cc1c(Cl)cc(C(C)n2nc(-c3cnc(N)nc3)c3c(N)ncnc32)c(OCCOC(=O)C(F)(F)F)c1-c1ccc(C(=O)N(C)C)nc1. The number of ether oxygens (including phenoxy) is 2. The summed E-state index contributed by atoms with van der Waals surface area (Å²) in [6, 6.07) is 4.09. The molecule has 0 spiro atoms. The van der Waals surface area contributed by atoms with Crippen LogP contribution in [0.2, 0.25) is 5.02 Å². The normalized spacial score (nSPS) is 12.2. The highest BCUT2D eigenvalue weighted by Gasteiger charge is 2.41. The van der Waals surface area contributed by atoms with E-state index in [0.29, 0.717) is 49.6 Å². The van der Waals surface area contributed by atoms with Gasteiger partial charge < -0.3 is 25.8 Å². The Balaban J connectivity index is 1.66. The van der Waals surface area contributed by atoms with Gasteiger partial charge in [0.1, 0.15) is 42.5 Å². The van der Waals surface area contributed by atoms with Crippen molar-refractivity contribution in [2.75, 3.05) is 38.8 Å². The second-order valence-corrected chi connectivity index (χ2v) is 11.1. The average Bonchev–Trinajstić information content (AvgIpc) is 3.44. The van der Waals surface area contributed by atoms with Gasteiger partial charge >= 0.3 is 12.1 Å². The number of fused-ring (bicyclic) bond motifs is 1. The van der Waals surface area contributed by atoms with Crippen LogP contribution in [0, 0.1) is 6.92 Å². The predicted octanol–water partition coefficient (Wildman–Crippen LogP) is 4.27. The fraction of sp³-hybridized carbons (Fsp3) is 0.267. The van der Waals surface area contributed by atoms with E-state index in [1.807, 2.05) is 0 Å². The van der Waals surface area contributed by atoms with Gasteiger partial charge in [0.2, 0.25) is 5.95 Å². The molecule has 0 aliphatic carbocycles. The largest absolute Gasteiger partial charge is 0.490 e. The number of nitrogen functional groups attached to an aromatic ring is 2. The Kier molecular flexibility index (Phi) is 9.33. The summed E-state index contributed by atoms with van der Waals surface area (Å²) < 4.78 is 50.3. The van der Waals surface area contributed by atoms with Crippen molar-refractivity contribution in [3.8, 4) is 28.1 Å². The number of aromatic nitrogens is 7. The molecule has 5 rings (SSSR count). The lowest BCUT2D eigenvalue weighted by molar-refractivity contribution is -0.200. The van der Waals surface area contributed by atoms with Gasteiger partial charge in [0.15, 0.2) is 5.65 Å². The van der Waals surface area contributed by atoms with Gasteiger partial charge in [-0.05, 0) is 31.5 Å². The monoisotopic (exact) mass is 684 g/mol. The van der Waals surface area contributed by atoms with Gasteiger partial charge in [-0.25, -0.2) is 29.4 Å². The van der Waals surface area contributed by atoms with Crippen molar-refractivity contribution in [1.29, 1.82) is 0 Å². The average molecular weight is 685 g/mol. The molecule has 0 saturated carbocycles. The molecule has 0 radical (unpaired) electrons. The minimum Gasteiger partial charge on any atom is -0.489 e. The molecular formula is C30H28ClF3N10O4. The zero-order chi connectivity index (χ0) is 34.9. The van der Waals surface area contributed by atoms with E-state index in [-0.39, 0.29) is 29.1 Å². The van der Waals surface area contributed by atoms with Crippen molar-refractivity contribution in [2.24, 2.45) is 0 Å². The number of esters is 1. The van der Waals surface area contributed by atoms with Gasteiger partial charge in [-0.15, -0.1) is 0 Å². The first-order chi connectivity index (χ1) is 22.7. The van der Waals surface area contributed by atoms with Gasteiger partial charge in [0, 0.05) is 60.0 Å². The lowest BCUT2D eigenvalue weighted by atomic mass is 9.94. The molecule has 250 valence electrons. The molecule has 0 fully saturated rings. The number of hydrogen-bond acceptors (Lipinski definition) is 12. The first kappa shape index (κ1) is 33.8. The van der Waals surface area contributed by atoms with Gasteiger partial charge in [-0.1, -0.05) is 17.7 Å². The summed E-state index contributed by atoms with van der Waals surface area (Å²) in [4.78, 5) is 46.1. The van der Waals surface area contributed by atoms with Crippen molar-refractivity contribution in [3.63, 3.8) is 0 Å². The quantitative estimate of drug-likeness (QED) is 0.166. The number of rotatable bonds is 9. The highest BCUT2D eigenvalue weighted by Crippen LogP contribution is 2.44. The van der Waals surface area contributed by atoms with Gasteiger partial charge in [0.05, 0.1) is 11.4 Å². The number of nitrogens with zero attached hydrogens (tertiary/aromatic N) is 8. The van der Waals surface area contributed by atoms with E-state index in [1.165, 1.54) is 35.9 Å². The first-order valence-electron chi connectivity index (χ1n) is 14.1. The molecule has 18 heteroatoms. The van der Waals surface area contributed by atoms with E-state index in [2.05, 4.69) is 29.7 Å². The Labute approximate surface area is 275 Å². The van der Waals surface area contributed by atoms with E-state index in [9.17, 15) is 22.8 Å². The zero-order valence-electron chi connectivity index (χ0n) is 25.9. The van der Waals surface area contributed by atoms with Gasteiger partial charge in [-0.2, -0.15) is 18.3 Å². The predicted molar refractivity (Wildman–Crippen MR) is 169 cm³/mol. The number of nitrogens with two attached hydrogens (primary N) is 2. The Morgan fingerprint density at radius 3 is 2.33 bits per heavy atom. The Hall–Kier alpha value is -5.58. The van der Waals surface area contributed by atoms with Crippen LogP contribution in [-0.4, -0.2) is 85.0 Å². The maximum Gasteiger partial charge on any atom is 0.490 e. The Morgan fingerprint density at radius 2 is 1.71 bits per heavy atom. The van der Waals surface area contributed by atoms with Crippen molar-refractivity contribution < 1.29 is 32.2 Å². The summed E-state index contributed by atoms with van der Waals surface area (Å²) in [5, 5.41) is 5.50. The van der Waals surface area contributed by atoms with Crippen molar-refractivity contribution in [3.05, 3.63) is 65.0 Å². The molecule has 0 bridgehead atoms. The first-order valence-corrected chi connectivity index (χ1v) is 14.5. The number of benzene rings is 1. The molecule has 1 unspecified atom stereocenters.